The first-order chi connectivity index (χ1) is 15.7. The summed E-state index contributed by atoms with van der Waals surface area (Å²) in [6.07, 6.45) is 10.0. The first kappa shape index (κ1) is 19.9. The molecule has 1 N–H and O–H groups in total. The Morgan fingerprint density at radius 1 is 1.06 bits per heavy atom. The van der Waals surface area contributed by atoms with Crippen LogP contribution in [0.15, 0.2) is 61.1 Å². The number of morpholine rings is 1. The largest absolute Gasteiger partial charge is 0.378 e. The van der Waals surface area contributed by atoms with E-state index in [9.17, 15) is 4.39 Å². The molecule has 7 heteroatoms. The molecule has 3 heterocycles. The number of benzene rings is 2. The summed E-state index contributed by atoms with van der Waals surface area (Å²) in [5.74, 6) is 2.70. The Morgan fingerprint density at radius 3 is 2.75 bits per heavy atom. The zero-order valence-electron chi connectivity index (χ0n) is 17.3. The molecule has 0 amide bonds. The molecule has 5 rings (SSSR count). The van der Waals surface area contributed by atoms with Crippen molar-refractivity contribution < 1.29 is 9.13 Å². The highest BCUT2D eigenvalue weighted by Crippen LogP contribution is 2.32. The molecule has 1 saturated heterocycles. The monoisotopic (exact) mass is 425 g/mol. The van der Waals surface area contributed by atoms with Crippen LogP contribution in [0.2, 0.25) is 0 Å². The van der Waals surface area contributed by atoms with Crippen LogP contribution in [0.5, 0.6) is 0 Å². The van der Waals surface area contributed by atoms with Gasteiger partial charge in [-0.1, -0.05) is 5.92 Å². The van der Waals surface area contributed by atoms with Gasteiger partial charge in [0.2, 0.25) is 5.95 Å². The molecule has 0 radical (unpaired) electrons. The van der Waals surface area contributed by atoms with Gasteiger partial charge in [-0.15, -0.1) is 6.42 Å². The van der Waals surface area contributed by atoms with Gasteiger partial charge >= 0.3 is 0 Å². The maximum Gasteiger partial charge on any atom is 0.227 e. The van der Waals surface area contributed by atoms with Crippen LogP contribution >= 0.6 is 0 Å². The van der Waals surface area contributed by atoms with Crippen molar-refractivity contribution in [3.05, 3.63) is 72.4 Å². The zero-order chi connectivity index (χ0) is 21.9. The van der Waals surface area contributed by atoms with Gasteiger partial charge in [0.15, 0.2) is 0 Å². The summed E-state index contributed by atoms with van der Waals surface area (Å²) in [7, 11) is 0. The highest BCUT2D eigenvalue weighted by molar-refractivity contribution is 5.81. The van der Waals surface area contributed by atoms with E-state index < -0.39 is 0 Å². The summed E-state index contributed by atoms with van der Waals surface area (Å²) in [6.45, 7) is 2.85. The molecule has 2 aromatic carbocycles. The van der Waals surface area contributed by atoms with Crippen LogP contribution < -0.4 is 10.2 Å². The summed E-state index contributed by atoms with van der Waals surface area (Å²) in [4.78, 5) is 15.1. The fourth-order valence-corrected chi connectivity index (χ4v) is 3.76. The van der Waals surface area contributed by atoms with Crippen LogP contribution in [0, 0.1) is 18.2 Å². The summed E-state index contributed by atoms with van der Waals surface area (Å²) in [6, 6.07) is 13.2. The van der Waals surface area contributed by atoms with Gasteiger partial charge < -0.3 is 15.0 Å². The van der Waals surface area contributed by atoms with Gasteiger partial charge in [-0.3, -0.25) is 4.98 Å². The minimum Gasteiger partial charge on any atom is -0.378 e. The van der Waals surface area contributed by atoms with Crippen LogP contribution in [-0.4, -0.2) is 41.3 Å². The Morgan fingerprint density at radius 2 is 1.94 bits per heavy atom. The van der Waals surface area contributed by atoms with E-state index in [0.29, 0.717) is 24.7 Å². The predicted molar refractivity (Wildman–Crippen MR) is 123 cm³/mol. The first-order valence-corrected chi connectivity index (χ1v) is 10.3. The van der Waals surface area contributed by atoms with Gasteiger partial charge in [0.25, 0.3) is 0 Å². The number of nitrogens with one attached hydrogen (secondary N) is 1. The Kier molecular flexibility index (Phi) is 5.36. The molecule has 0 saturated carbocycles. The van der Waals surface area contributed by atoms with E-state index in [1.165, 1.54) is 6.20 Å². The maximum atomic E-state index is 14.5. The predicted octanol–water partition coefficient (Wildman–Crippen LogP) is 4.39. The lowest BCUT2D eigenvalue weighted by Gasteiger charge is -2.29. The Bertz CT molecular complexity index is 1330. The number of hydrogen-bond donors (Lipinski definition) is 1. The van der Waals surface area contributed by atoms with Crippen molar-refractivity contribution in [1.29, 1.82) is 0 Å². The van der Waals surface area contributed by atoms with Gasteiger partial charge in [0, 0.05) is 53.4 Å². The Hall–Kier alpha value is -4.02. The molecule has 1 aliphatic heterocycles. The number of hydrogen-bond acceptors (Lipinski definition) is 6. The highest BCUT2D eigenvalue weighted by Gasteiger charge is 2.15. The second kappa shape index (κ2) is 8.61. The summed E-state index contributed by atoms with van der Waals surface area (Å²) in [5.41, 5.74) is 4.54. The van der Waals surface area contributed by atoms with Gasteiger partial charge in [-0.05, 0) is 48.0 Å². The molecule has 0 spiro atoms. The number of terminal acetylenes is 1. The normalized spacial score (nSPS) is 13.7. The number of ether oxygens (including phenoxy) is 1. The number of aromatic nitrogens is 3. The molecular formula is C25H20FN5O. The molecule has 158 valence electrons. The van der Waals surface area contributed by atoms with E-state index in [0.717, 1.165) is 46.5 Å². The third kappa shape index (κ3) is 4.09. The SMILES string of the molecule is C#Cc1ccc2nc(Nc3cc(-c4ccncc4F)cc(N4CCOCC4)c3)ncc2c1. The van der Waals surface area contributed by atoms with E-state index in [1.807, 2.05) is 36.4 Å². The molecule has 2 aromatic heterocycles. The average Bonchev–Trinajstić information content (AvgIpc) is 2.84. The number of anilines is 3. The van der Waals surface area contributed by atoms with Gasteiger partial charge in [0.05, 0.1) is 24.9 Å². The molecule has 4 aromatic rings. The fourth-order valence-electron chi connectivity index (χ4n) is 3.76. The third-order valence-electron chi connectivity index (χ3n) is 5.38. The van der Waals surface area contributed by atoms with Crippen molar-refractivity contribution in [3.8, 4) is 23.5 Å². The van der Waals surface area contributed by atoms with E-state index >= 15 is 0 Å². The number of fused-ring (bicyclic) bond motifs is 1. The number of nitrogens with zero attached hydrogens (tertiary/aromatic N) is 4. The topological polar surface area (TPSA) is 63.2 Å². The lowest BCUT2D eigenvalue weighted by atomic mass is 10.0. The van der Waals surface area contributed by atoms with E-state index in [1.54, 1.807) is 18.5 Å². The van der Waals surface area contributed by atoms with Crippen LogP contribution in [0.3, 0.4) is 0 Å². The van der Waals surface area contributed by atoms with Crippen molar-refractivity contribution in [2.75, 3.05) is 36.5 Å². The van der Waals surface area contributed by atoms with Crippen LogP contribution in [0.25, 0.3) is 22.0 Å². The molecule has 0 unspecified atom stereocenters. The molecule has 1 aliphatic rings. The molecule has 32 heavy (non-hydrogen) atoms. The van der Waals surface area contributed by atoms with Crippen LogP contribution in [0.4, 0.5) is 21.7 Å². The third-order valence-corrected chi connectivity index (χ3v) is 5.38. The van der Waals surface area contributed by atoms with Crippen molar-refractivity contribution in [2.24, 2.45) is 0 Å². The number of halogens is 1. The fraction of sp³-hybridized carbons (Fsp3) is 0.160. The lowest BCUT2D eigenvalue weighted by Crippen LogP contribution is -2.36. The van der Waals surface area contributed by atoms with E-state index in [4.69, 9.17) is 11.2 Å². The van der Waals surface area contributed by atoms with Crippen molar-refractivity contribution in [1.82, 2.24) is 15.0 Å². The second-order valence-electron chi connectivity index (χ2n) is 7.46. The second-order valence-corrected chi connectivity index (χ2v) is 7.46. The van der Waals surface area contributed by atoms with E-state index in [2.05, 4.69) is 31.1 Å². The van der Waals surface area contributed by atoms with Crippen LogP contribution in [-0.2, 0) is 4.74 Å². The molecule has 1 fully saturated rings. The standard InChI is InChI=1S/C25H20FN5O/c1-2-17-3-4-24-19(11-17)15-28-25(30-24)29-20-12-18(22-5-6-27-16-23(22)26)13-21(14-20)31-7-9-32-10-8-31/h1,3-6,11-16H,7-10H2,(H,28,29,30). The van der Waals surface area contributed by atoms with Crippen molar-refractivity contribution in [2.45, 2.75) is 0 Å². The Balaban J connectivity index is 1.53. The molecule has 0 bridgehead atoms. The lowest BCUT2D eigenvalue weighted by molar-refractivity contribution is 0.122. The first-order valence-electron chi connectivity index (χ1n) is 10.3. The number of pyridine rings is 1. The van der Waals surface area contributed by atoms with Gasteiger partial charge in [-0.25, -0.2) is 14.4 Å². The average molecular weight is 425 g/mol. The van der Waals surface area contributed by atoms with Crippen molar-refractivity contribution >= 4 is 28.2 Å². The number of rotatable bonds is 4. The minimum absolute atomic E-state index is 0.371. The molecule has 0 atom stereocenters. The molecule has 6 nitrogen and oxygen atoms in total. The summed E-state index contributed by atoms with van der Waals surface area (Å²) < 4.78 is 20.0. The zero-order valence-corrected chi connectivity index (χ0v) is 17.3. The van der Waals surface area contributed by atoms with Gasteiger partial charge in [0.1, 0.15) is 5.82 Å². The maximum absolute atomic E-state index is 14.5. The van der Waals surface area contributed by atoms with Crippen molar-refractivity contribution in [3.63, 3.8) is 0 Å². The molecule has 0 aliphatic carbocycles. The highest BCUT2D eigenvalue weighted by atomic mass is 19.1. The Labute approximate surface area is 185 Å². The quantitative estimate of drug-likeness (QED) is 0.489. The minimum atomic E-state index is -0.371. The van der Waals surface area contributed by atoms with E-state index in [-0.39, 0.29) is 5.82 Å². The summed E-state index contributed by atoms with van der Waals surface area (Å²) in [5, 5.41) is 4.14. The van der Waals surface area contributed by atoms with Gasteiger partial charge in [-0.2, -0.15) is 0 Å². The molecular weight excluding hydrogens is 405 g/mol. The smallest absolute Gasteiger partial charge is 0.227 e. The van der Waals surface area contributed by atoms with Crippen LogP contribution in [0.1, 0.15) is 5.56 Å². The summed E-state index contributed by atoms with van der Waals surface area (Å²) >= 11 is 0.